The van der Waals surface area contributed by atoms with E-state index in [1.807, 2.05) is 91.0 Å². The zero-order chi connectivity index (χ0) is 25.8. The van der Waals surface area contributed by atoms with Crippen LogP contribution < -0.4 is 0 Å². The Bertz CT molecular complexity index is 1200. The number of aliphatic carboxylic acids is 1. The molecule has 2 fully saturated rings. The fourth-order valence-corrected chi connectivity index (χ4v) is 6.04. The number of carboxylic acids is 1. The third-order valence-corrected chi connectivity index (χ3v) is 7.94. The molecule has 1 saturated carbocycles. The topological polar surface area (TPSA) is 77.9 Å². The van der Waals surface area contributed by atoms with Crippen LogP contribution in [0.15, 0.2) is 91.0 Å². The molecule has 0 aromatic heterocycles. The minimum Gasteiger partial charge on any atom is -0.480 e. The van der Waals surface area contributed by atoms with Crippen molar-refractivity contribution < 1.29 is 19.5 Å². The molecule has 2 aliphatic rings. The lowest BCUT2D eigenvalue weighted by Gasteiger charge is -2.43. The zero-order valence-electron chi connectivity index (χ0n) is 20.8. The third kappa shape index (κ3) is 4.76. The van der Waals surface area contributed by atoms with Gasteiger partial charge in [0.2, 0.25) is 11.8 Å². The first-order chi connectivity index (χ1) is 18.0. The van der Waals surface area contributed by atoms with Gasteiger partial charge in [-0.15, -0.1) is 0 Å². The van der Waals surface area contributed by atoms with Crippen LogP contribution in [0.25, 0.3) is 0 Å². The van der Waals surface area contributed by atoms with Gasteiger partial charge in [0, 0.05) is 13.1 Å². The van der Waals surface area contributed by atoms with Crippen molar-refractivity contribution in [1.82, 2.24) is 9.80 Å². The summed E-state index contributed by atoms with van der Waals surface area (Å²) < 4.78 is 0. The second kappa shape index (κ2) is 10.6. The minimum atomic E-state index is -1.10. The number of hydrogen-bond donors (Lipinski definition) is 1. The average Bonchev–Trinajstić information content (AvgIpc) is 3.45. The van der Waals surface area contributed by atoms with E-state index >= 15 is 0 Å². The van der Waals surface area contributed by atoms with E-state index in [2.05, 4.69) is 0 Å². The van der Waals surface area contributed by atoms with Gasteiger partial charge < -0.3 is 14.9 Å². The summed E-state index contributed by atoms with van der Waals surface area (Å²) in [4.78, 5) is 43.6. The molecule has 0 bridgehead atoms. The number of benzene rings is 3. The third-order valence-electron chi connectivity index (χ3n) is 7.94. The maximum Gasteiger partial charge on any atom is 0.328 e. The van der Waals surface area contributed by atoms with Crippen molar-refractivity contribution in [2.24, 2.45) is 0 Å². The van der Waals surface area contributed by atoms with Crippen molar-refractivity contribution in [2.45, 2.75) is 43.1 Å². The van der Waals surface area contributed by atoms with Gasteiger partial charge >= 0.3 is 5.97 Å². The van der Waals surface area contributed by atoms with Crippen LogP contribution in [0.5, 0.6) is 0 Å². The predicted molar refractivity (Wildman–Crippen MR) is 141 cm³/mol. The molecule has 0 spiro atoms. The molecule has 0 radical (unpaired) electrons. The maximum absolute atomic E-state index is 14.0. The van der Waals surface area contributed by atoms with Crippen molar-refractivity contribution in [3.8, 4) is 0 Å². The van der Waals surface area contributed by atoms with Gasteiger partial charge in [0.15, 0.2) is 0 Å². The number of hydrogen-bond acceptors (Lipinski definition) is 3. The Morgan fingerprint density at radius 3 is 1.78 bits per heavy atom. The van der Waals surface area contributed by atoms with Crippen molar-refractivity contribution in [3.05, 3.63) is 108 Å². The summed E-state index contributed by atoms with van der Waals surface area (Å²) in [5.41, 5.74) is 2.01. The van der Waals surface area contributed by atoms with Crippen LogP contribution in [-0.4, -0.2) is 58.4 Å². The van der Waals surface area contributed by atoms with Crippen molar-refractivity contribution >= 4 is 17.8 Å². The lowest BCUT2D eigenvalue weighted by atomic mass is 9.77. The first-order valence-electron chi connectivity index (χ1n) is 13.0. The summed E-state index contributed by atoms with van der Waals surface area (Å²) in [6.45, 7) is 0.493. The summed E-state index contributed by atoms with van der Waals surface area (Å²) >= 11 is 0. The Kier molecular flexibility index (Phi) is 7.08. The molecular weight excluding hydrogens is 464 g/mol. The molecule has 2 amide bonds. The largest absolute Gasteiger partial charge is 0.480 e. The van der Waals surface area contributed by atoms with Crippen molar-refractivity contribution in [1.29, 1.82) is 0 Å². The molecule has 1 heterocycles. The lowest BCUT2D eigenvalue weighted by Crippen LogP contribution is -2.62. The van der Waals surface area contributed by atoms with Crippen molar-refractivity contribution in [2.75, 3.05) is 19.6 Å². The fraction of sp³-hybridized carbons (Fsp3) is 0.323. The number of carbonyl (C=O) groups excluding carboxylic acids is 2. The normalized spacial score (nSPS) is 19.1. The molecule has 1 atom stereocenters. The number of carboxylic acid groups (broad SMARTS) is 1. The van der Waals surface area contributed by atoms with E-state index in [9.17, 15) is 19.5 Å². The lowest BCUT2D eigenvalue weighted by molar-refractivity contribution is -0.157. The molecule has 3 aromatic carbocycles. The smallest absolute Gasteiger partial charge is 0.328 e. The van der Waals surface area contributed by atoms with E-state index in [0.29, 0.717) is 6.54 Å². The molecule has 37 heavy (non-hydrogen) atoms. The second-order valence-corrected chi connectivity index (χ2v) is 10.0. The van der Waals surface area contributed by atoms with E-state index in [4.69, 9.17) is 0 Å². The summed E-state index contributed by atoms with van der Waals surface area (Å²) in [6, 6.07) is 27.7. The molecule has 1 aliphatic heterocycles. The number of rotatable bonds is 6. The van der Waals surface area contributed by atoms with Crippen LogP contribution in [0.3, 0.4) is 0 Å². The molecule has 1 N–H and O–H groups in total. The first kappa shape index (κ1) is 24.8. The van der Waals surface area contributed by atoms with Gasteiger partial charge in [-0.3, -0.25) is 9.59 Å². The Morgan fingerprint density at radius 1 is 0.757 bits per heavy atom. The molecule has 1 aliphatic carbocycles. The van der Waals surface area contributed by atoms with Gasteiger partial charge in [-0.25, -0.2) is 4.79 Å². The summed E-state index contributed by atoms with van der Waals surface area (Å²) in [5, 5.41) is 10.2. The molecule has 190 valence electrons. The summed E-state index contributed by atoms with van der Waals surface area (Å²) in [5.74, 6) is -1.98. The van der Waals surface area contributed by atoms with Gasteiger partial charge in [0.1, 0.15) is 6.04 Å². The summed E-state index contributed by atoms with van der Waals surface area (Å²) in [7, 11) is 0. The Hall–Kier alpha value is -3.93. The second-order valence-electron chi connectivity index (χ2n) is 10.0. The highest BCUT2D eigenvalue weighted by Crippen LogP contribution is 2.43. The van der Waals surface area contributed by atoms with Crippen LogP contribution in [0, 0.1) is 0 Å². The van der Waals surface area contributed by atoms with E-state index in [1.54, 1.807) is 4.90 Å². The fourth-order valence-electron chi connectivity index (χ4n) is 6.04. The number of amides is 2. The Labute approximate surface area is 217 Å². The van der Waals surface area contributed by atoms with Crippen LogP contribution in [0.1, 0.15) is 48.3 Å². The van der Waals surface area contributed by atoms with Gasteiger partial charge in [-0.2, -0.15) is 0 Å². The molecule has 1 saturated heterocycles. The Balaban J connectivity index is 1.43. The van der Waals surface area contributed by atoms with Gasteiger partial charge in [0.25, 0.3) is 0 Å². The van der Waals surface area contributed by atoms with Gasteiger partial charge in [0.05, 0.1) is 17.9 Å². The maximum atomic E-state index is 14.0. The molecule has 6 heteroatoms. The summed E-state index contributed by atoms with van der Waals surface area (Å²) in [6.07, 6.45) is 3.46. The quantitative estimate of drug-likeness (QED) is 0.547. The molecule has 5 rings (SSSR count). The van der Waals surface area contributed by atoms with Crippen LogP contribution in [0.2, 0.25) is 0 Å². The monoisotopic (exact) mass is 496 g/mol. The van der Waals surface area contributed by atoms with E-state index in [-0.39, 0.29) is 24.9 Å². The zero-order valence-corrected chi connectivity index (χ0v) is 20.8. The van der Waals surface area contributed by atoms with Crippen molar-refractivity contribution in [3.63, 3.8) is 0 Å². The highest BCUT2D eigenvalue weighted by molar-refractivity contribution is 5.93. The Morgan fingerprint density at radius 2 is 1.27 bits per heavy atom. The number of carbonyl (C=O) groups is 3. The molecule has 0 unspecified atom stereocenters. The van der Waals surface area contributed by atoms with Crippen LogP contribution in [0.4, 0.5) is 0 Å². The van der Waals surface area contributed by atoms with E-state index in [1.165, 1.54) is 4.90 Å². The number of piperazine rings is 1. The van der Waals surface area contributed by atoms with Crippen LogP contribution in [-0.2, 0) is 19.8 Å². The number of nitrogens with zero attached hydrogens (tertiary/aromatic N) is 2. The highest BCUT2D eigenvalue weighted by atomic mass is 16.4. The predicted octanol–water partition coefficient (Wildman–Crippen LogP) is 4.45. The molecular formula is C31H32N2O4. The van der Waals surface area contributed by atoms with E-state index < -0.39 is 23.3 Å². The van der Waals surface area contributed by atoms with Gasteiger partial charge in [-0.1, -0.05) is 104 Å². The SMILES string of the molecule is O=C(O)[C@@H]1CN(C(=O)C2(c3ccccc3)CCCC2)CCN1C(=O)C(c1ccccc1)c1ccccc1. The molecule has 6 nitrogen and oxygen atoms in total. The highest BCUT2D eigenvalue weighted by Gasteiger charge is 2.48. The minimum absolute atomic E-state index is 0.00914. The average molecular weight is 497 g/mol. The molecule has 3 aromatic rings. The van der Waals surface area contributed by atoms with E-state index in [0.717, 1.165) is 42.4 Å². The standard InChI is InChI=1S/C31H32N2O4/c34-28(27(23-12-4-1-5-13-23)24-14-6-2-7-15-24)33-21-20-32(22-26(33)29(35)36)30(37)31(18-10-11-19-31)25-16-8-3-9-17-25/h1-9,12-17,26-27H,10-11,18-22H2,(H,35,36)/t26-/m0/s1. The van der Waals surface area contributed by atoms with Crippen LogP contribution >= 0.6 is 0 Å². The first-order valence-corrected chi connectivity index (χ1v) is 13.0. The van der Waals surface area contributed by atoms with Gasteiger partial charge in [-0.05, 0) is 29.5 Å².